The summed E-state index contributed by atoms with van der Waals surface area (Å²) in [6, 6.07) is 79.2. The molecule has 3 heterocycles. The van der Waals surface area contributed by atoms with Gasteiger partial charge in [0.05, 0.1) is 22.1 Å². The Kier molecular flexibility index (Phi) is 8.42. The molecule has 0 amide bonds. The number of benzene rings is 9. The lowest BCUT2D eigenvalue weighted by Crippen LogP contribution is -2.07. The minimum absolute atomic E-state index is 0.552. The minimum atomic E-state index is 0.552. The summed E-state index contributed by atoms with van der Waals surface area (Å²) >= 11 is 0. The molecule has 0 aliphatic carbocycles. The highest BCUT2D eigenvalue weighted by Gasteiger charge is 2.26. The van der Waals surface area contributed by atoms with Crippen LogP contribution in [-0.2, 0) is 0 Å². The van der Waals surface area contributed by atoms with Crippen LogP contribution >= 0.6 is 0 Å². The Morgan fingerprint density at radius 3 is 1.45 bits per heavy atom. The molecule has 0 unspecified atom stereocenters. The number of hydrogen-bond donors (Lipinski definition) is 0. The Morgan fingerprint density at radius 1 is 0.290 bits per heavy atom. The van der Waals surface area contributed by atoms with E-state index in [4.69, 9.17) is 15.0 Å². The standard InChI is InChI=1S/C57H37N5/c1-5-18-38(19-6-1)39-32-34-40(35-33-39)43-24-17-25-44(36-43)56-58-55(42-22-9-3-10-23-42)59-57(60-56)62-50-30-15-13-28-46(50)49-37-48(41-20-7-2-8-21-41)52-47-29-14-16-31-51(47)61(54(52)53(49)62)45-26-11-4-12-27-45/h1-37H. The molecule has 9 aromatic carbocycles. The maximum Gasteiger partial charge on any atom is 0.238 e. The summed E-state index contributed by atoms with van der Waals surface area (Å²) in [5.74, 6) is 1.76. The van der Waals surface area contributed by atoms with Crippen LogP contribution in [0.15, 0.2) is 224 Å². The molecule has 0 saturated heterocycles. The molecule has 5 heteroatoms. The molecule has 0 radical (unpaired) electrons. The van der Waals surface area contributed by atoms with Crippen molar-refractivity contribution < 1.29 is 0 Å². The summed E-state index contributed by atoms with van der Waals surface area (Å²) in [6.45, 7) is 0. The van der Waals surface area contributed by atoms with Gasteiger partial charge in [-0.15, -0.1) is 0 Å². The molecule has 0 fully saturated rings. The van der Waals surface area contributed by atoms with E-state index in [-0.39, 0.29) is 0 Å². The first-order valence-electron chi connectivity index (χ1n) is 21.0. The third kappa shape index (κ3) is 5.90. The van der Waals surface area contributed by atoms with Gasteiger partial charge in [0.25, 0.3) is 0 Å². The molecule has 0 saturated carbocycles. The van der Waals surface area contributed by atoms with Gasteiger partial charge in [-0.2, -0.15) is 9.97 Å². The van der Waals surface area contributed by atoms with Crippen LogP contribution in [0.5, 0.6) is 0 Å². The normalized spacial score (nSPS) is 11.5. The van der Waals surface area contributed by atoms with Crippen molar-refractivity contribution in [2.75, 3.05) is 0 Å². The van der Waals surface area contributed by atoms with Crippen LogP contribution < -0.4 is 0 Å². The van der Waals surface area contributed by atoms with Crippen molar-refractivity contribution >= 4 is 43.6 Å². The number of nitrogens with zero attached hydrogens (tertiary/aromatic N) is 5. The second-order valence-electron chi connectivity index (χ2n) is 15.6. The second-order valence-corrected chi connectivity index (χ2v) is 15.6. The zero-order valence-electron chi connectivity index (χ0n) is 33.6. The van der Waals surface area contributed by atoms with E-state index >= 15 is 0 Å². The van der Waals surface area contributed by atoms with E-state index < -0.39 is 0 Å². The highest BCUT2D eigenvalue weighted by molar-refractivity contribution is 6.28. The van der Waals surface area contributed by atoms with Gasteiger partial charge in [-0.3, -0.25) is 4.57 Å². The molecule has 0 spiro atoms. The summed E-state index contributed by atoms with van der Waals surface area (Å²) in [4.78, 5) is 16.0. The number of rotatable bonds is 7. The van der Waals surface area contributed by atoms with E-state index in [0.29, 0.717) is 17.6 Å². The molecule has 0 N–H and O–H groups in total. The van der Waals surface area contributed by atoms with Crippen LogP contribution in [0.4, 0.5) is 0 Å². The average molecular weight is 792 g/mol. The van der Waals surface area contributed by atoms with Crippen LogP contribution in [0.3, 0.4) is 0 Å². The predicted molar refractivity (Wildman–Crippen MR) is 256 cm³/mol. The van der Waals surface area contributed by atoms with Gasteiger partial charge >= 0.3 is 0 Å². The van der Waals surface area contributed by atoms with Gasteiger partial charge in [-0.1, -0.05) is 188 Å². The Labute approximate surface area is 358 Å². The SMILES string of the molecule is c1ccc(-c2ccc(-c3cccc(-c4nc(-c5ccccc5)nc(-n5c6ccccc6c6cc(-c7ccccc7)c7c8ccccc8n(-c8ccccc8)c7c65)n4)c3)cc2)cc1. The molecular weight excluding hydrogens is 755 g/mol. The fraction of sp³-hybridized carbons (Fsp3) is 0. The highest BCUT2D eigenvalue weighted by atomic mass is 15.2. The minimum Gasteiger partial charge on any atom is -0.307 e. The quantitative estimate of drug-likeness (QED) is 0.162. The molecular formula is C57H37N5. The summed E-state index contributed by atoms with van der Waals surface area (Å²) in [5, 5.41) is 4.60. The van der Waals surface area contributed by atoms with Crippen LogP contribution in [0.1, 0.15) is 0 Å². The van der Waals surface area contributed by atoms with E-state index in [1.165, 1.54) is 27.5 Å². The molecule has 12 rings (SSSR count). The molecule has 0 aliphatic heterocycles. The first-order valence-corrected chi connectivity index (χ1v) is 21.0. The van der Waals surface area contributed by atoms with Gasteiger partial charge in [0.15, 0.2) is 11.6 Å². The fourth-order valence-corrected chi connectivity index (χ4v) is 9.13. The van der Waals surface area contributed by atoms with Gasteiger partial charge in [0, 0.05) is 38.4 Å². The van der Waals surface area contributed by atoms with Crippen molar-refractivity contribution in [3.8, 4) is 67.8 Å². The predicted octanol–water partition coefficient (Wildman–Crippen LogP) is 14.4. The molecule has 3 aromatic heterocycles. The average Bonchev–Trinajstić information content (AvgIpc) is 3.88. The van der Waals surface area contributed by atoms with E-state index in [9.17, 15) is 0 Å². The number of fused-ring (bicyclic) bond motifs is 7. The fourth-order valence-electron chi connectivity index (χ4n) is 9.13. The molecule has 12 aromatic rings. The Balaban J connectivity index is 1.15. The van der Waals surface area contributed by atoms with E-state index in [2.05, 4.69) is 209 Å². The van der Waals surface area contributed by atoms with E-state index in [0.717, 1.165) is 66.3 Å². The molecule has 290 valence electrons. The van der Waals surface area contributed by atoms with Crippen LogP contribution in [0.2, 0.25) is 0 Å². The number of aromatic nitrogens is 5. The number of para-hydroxylation sites is 3. The van der Waals surface area contributed by atoms with Crippen LogP contribution in [-0.4, -0.2) is 24.1 Å². The first kappa shape index (κ1) is 35.5. The van der Waals surface area contributed by atoms with Crippen molar-refractivity contribution in [3.63, 3.8) is 0 Å². The van der Waals surface area contributed by atoms with Crippen LogP contribution in [0, 0.1) is 0 Å². The lowest BCUT2D eigenvalue weighted by Gasteiger charge is -2.14. The highest BCUT2D eigenvalue weighted by Crippen LogP contribution is 2.46. The number of hydrogen-bond acceptors (Lipinski definition) is 3. The second kappa shape index (κ2) is 14.7. The van der Waals surface area contributed by atoms with E-state index in [1.54, 1.807) is 0 Å². The maximum absolute atomic E-state index is 5.44. The van der Waals surface area contributed by atoms with Crippen molar-refractivity contribution in [2.45, 2.75) is 0 Å². The third-order valence-corrected chi connectivity index (χ3v) is 12.0. The summed E-state index contributed by atoms with van der Waals surface area (Å²) in [5.41, 5.74) is 14.1. The van der Waals surface area contributed by atoms with Crippen molar-refractivity contribution in [2.24, 2.45) is 0 Å². The lowest BCUT2D eigenvalue weighted by molar-refractivity contribution is 0.953. The van der Waals surface area contributed by atoms with E-state index in [1.807, 2.05) is 24.3 Å². The van der Waals surface area contributed by atoms with Gasteiger partial charge in [0.1, 0.15) is 0 Å². The largest absolute Gasteiger partial charge is 0.307 e. The van der Waals surface area contributed by atoms with Crippen LogP contribution in [0.25, 0.3) is 111 Å². The molecule has 62 heavy (non-hydrogen) atoms. The maximum atomic E-state index is 5.44. The van der Waals surface area contributed by atoms with Gasteiger partial charge in [-0.25, -0.2) is 4.98 Å². The van der Waals surface area contributed by atoms with Gasteiger partial charge in [0.2, 0.25) is 5.95 Å². The summed E-state index contributed by atoms with van der Waals surface area (Å²) < 4.78 is 4.69. The molecule has 5 nitrogen and oxygen atoms in total. The third-order valence-electron chi connectivity index (χ3n) is 12.0. The molecule has 0 bridgehead atoms. The monoisotopic (exact) mass is 791 g/mol. The Hall–Kier alpha value is -8.41. The lowest BCUT2D eigenvalue weighted by atomic mass is 9.96. The van der Waals surface area contributed by atoms with Crippen molar-refractivity contribution in [1.29, 1.82) is 0 Å². The first-order chi connectivity index (χ1) is 30.8. The Morgan fingerprint density at radius 2 is 0.774 bits per heavy atom. The zero-order chi connectivity index (χ0) is 41.0. The Bertz CT molecular complexity index is 3590. The molecule has 0 atom stereocenters. The summed E-state index contributed by atoms with van der Waals surface area (Å²) in [6.07, 6.45) is 0. The topological polar surface area (TPSA) is 48.5 Å². The van der Waals surface area contributed by atoms with Crippen molar-refractivity contribution in [3.05, 3.63) is 224 Å². The smallest absolute Gasteiger partial charge is 0.238 e. The summed E-state index contributed by atoms with van der Waals surface area (Å²) in [7, 11) is 0. The molecule has 0 aliphatic rings. The van der Waals surface area contributed by atoms with Gasteiger partial charge in [-0.05, 0) is 69.8 Å². The van der Waals surface area contributed by atoms with Gasteiger partial charge < -0.3 is 4.57 Å². The van der Waals surface area contributed by atoms with Crippen molar-refractivity contribution in [1.82, 2.24) is 24.1 Å². The zero-order valence-corrected chi connectivity index (χ0v) is 33.6.